The van der Waals surface area contributed by atoms with Crippen LogP contribution in [0.25, 0.3) is 11.1 Å². The quantitative estimate of drug-likeness (QED) is 0.257. The molecule has 1 heterocycles. The van der Waals surface area contributed by atoms with Gasteiger partial charge in [-0.25, -0.2) is 0 Å². The van der Waals surface area contributed by atoms with Crippen LogP contribution < -0.4 is 19.5 Å². The zero-order valence-corrected chi connectivity index (χ0v) is 27.1. The first-order valence-electron chi connectivity index (χ1n) is 14.5. The van der Waals surface area contributed by atoms with Gasteiger partial charge < -0.3 is 18.8 Å². The molecule has 0 fully saturated rings. The summed E-state index contributed by atoms with van der Waals surface area (Å²) >= 11 is 0. The zero-order valence-electron chi connectivity index (χ0n) is 26.2. The van der Waals surface area contributed by atoms with Gasteiger partial charge >= 0.3 is 0 Å². The van der Waals surface area contributed by atoms with E-state index in [2.05, 4.69) is 74.4 Å². The van der Waals surface area contributed by atoms with E-state index in [1.54, 1.807) is 14.2 Å². The number of hydrogen-bond acceptors (Lipinski definition) is 4. The van der Waals surface area contributed by atoms with Crippen molar-refractivity contribution in [2.75, 3.05) is 14.2 Å². The molecule has 4 rings (SSSR count). The predicted molar refractivity (Wildman–Crippen MR) is 169 cm³/mol. The van der Waals surface area contributed by atoms with Crippen molar-refractivity contribution >= 4 is 12.4 Å². The summed E-state index contributed by atoms with van der Waals surface area (Å²) in [5.74, 6) is 2.73. The molecule has 0 aromatic heterocycles. The first-order valence-corrected chi connectivity index (χ1v) is 16.3. The maximum absolute atomic E-state index is 15.7. The summed E-state index contributed by atoms with van der Waals surface area (Å²) < 4.78 is 34.0. The van der Waals surface area contributed by atoms with Gasteiger partial charge in [-0.05, 0) is 58.2 Å². The van der Waals surface area contributed by atoms with Crippen molar-refractivity contribution in [1.82, 2.24) is 0 Å². The van der Waals surface area contributed by atoms with E-state index in [-0.39, 0.29) is 0 Å². The van der Waals surface area contributed by atoms with Crippen molar-refractivity contribution in [1.29, 1.82) is 0 Å². The van der Waals surface area contributed by atoms with E-state index in [0.717, 1.165) is 16.4 Å². The SMILES string of the molecule is COc1cccc(OC)c1-c1cccc2c1[P@@](=O)(C(C)(C)C)[C@H](Cc1c(C(C)C)cc(C(C)C)cc1C(C)C)O2. The molecule has 0 bridgehead atoms. The maximum atomic E-state index is 15.7. The summed E-state index contributed by atoms with van der Waals surface area (Å²) in [6, 6.07) is 16.5. The zero-order chi connectivity index (χ0) is 29.6. The molecule has 3 aromatic carbocycles. The van der Waals surface area contributed by atoms with Crippen LogP contribution in [0.3, 0.4) is 0 Å². The second-order valence-corrected chi connectivity index (χ2v) is 16.6. The van der Waals surface area contributed by atoms with Gasteiger partial charge in [0.15, 0.2) is 13.0 Å². The lowest BCUT2D eigenvalue weighted by Crippen LogP contribution is -2.30. The normalized spacial score (nSPS) is 18.8. The lowest BCUT2D eigenvalue weighted by molar-refractivity contribution is 0.283. The van der Waals surface area contributed by atoms with E-state index in [1.165, 1.54) is 22.3 Å². The molecular formula is C35H47O4P. The summed E-state index contributed by atoms with van der Waals surface area (Å²) in [7, 11) is 0.169. The van der Waals surface area contributed by atoms with Crippen molar-refractivity contribution in [3.8, 4) is 28.4 Å². The largest absolute Gasteiger partial charge is 0.496 e. The van der Waals surface area contributed by atoms with Crippen molar-refractivity contribution in [2.45, 2.75) is 97.5 Å². The number of benzene rings is 3. The van der Waals surface area contributed by atoms with Gasteiger partial charge in [0, 0.05) is 17.1 Å². The third-order valence-corrected chi connectivity index (χ3v) is 12.5. The summed E-state index contributed by atoms with van der Waals surface area (Å²) in [5.41, 5.74) is 6.98. The third-order valence-electron chi connectivity index (χ3n) is 8.32. The Labute approximate surface area is 241 Å². The smallest absolute Gasteiger partial charge is 0.163 e. The number of hydrogen-bond donors (Lipinski definition) is 0. The second-order valence-electron chi connectivity index (χ2n) is 12.9. The molecule has 0 aliphatic carbocycles. The van der Waals surface area contributed by atoms with Crippen LogP contribution in [0.5, 0.6) is 17.2 Å². The highest BCUT2D eigenvalue weighted by Gasteiger charge is 2.54. The minimum atomic E-state index is -3.15. The summed E-state index contributed by atoms with van der Waals surface area (Å²) in [4.78, 5) is 0. The molecular weight excluding hydrogens is 515 g/mol. The van der Waals surface area contributed by atoms with E-state index < -0.39 is 18.1 Å². The molecule has 0 saturated heterocycles. The summed E-state index contributed by atoms with van der Waals surface area (Å²) in [5, 5.41) is 0.272. The van der Waals surface area contributed by atoms with Crippen LogP contribution in [0.4, 0.5) is 0 Å². The Kier molecular flexibility index (Phi) is 8.53. The molecule has 1 aliphatic rings. The third kappa shape index (κ3) is 5.09. The second kappa shape index (κ2) is 11.3. The summed E-state index contributed by atoms with van der Waals surface area (Å²) in [6.45, 7) is 19.8. The van der Waals surface area contributed by atoms with Crippen molar-refractivity contribution in [3.05, 3.63) is 70.8 Å². The highest BCUT2D eigenvalue weighted by molar-refractivity contribution is 7.74. The standard InChI is InChI=1S/C35H47O4P/c1-21(2)24-18-26(22(3)4)28(27(19-24)23(5)6)20-32-39-31-17-12-14-25(34(31)40(32,36)35(7,8)9)33-29(37-10)15-13-16-30(33)38-11/h12-19,21-23,32H,20H2,1-11H3/t32-,40-/m1/s1. The van der Waals surface area contributed by atoms with E-state index in [4.69, 9.17) is 14.2 Å². The van der Waals surface area contributed by atoms with Crippen LogP contribution in [0.2, 0.25) is 0 Å². The molecule has 216 valence electrons. The molecule has 4 nitrogen and oxygen atoms in total. The Morgan fingerprint density at radius 3 is 1.80 bits per heavy atom. The lowest BCUT2D eigenvalue weighted by Gasteiger charge is -2.34. The number of rotatable bonds is 8. The van der Waals surface area contributed by atoms with E-state index in [9.17, 15) is 0 Å². The fourth-order valence-electron chi connectivity index (χ4n) is 6.10. The lowest BCUT2D eigenvalue weighted by atomic mass is 9.83. The van der Waals surface area contributed by atoms with Crippen LogP contribution in [-0.4, -0.2) is 25.2 Å². The van der Waals surface area contributed by atoms with Gasteiger partial charge in [0.1, 0.15) is 17.2 Å². The van der Waals surface area contributed by atoms with Gasteiger partial charge in [-0.3, -0.25) is 0 Å². The highest BCUT2D eigenvalue weighted by Crippen LogP contribution is 2.68. The molecule has 0 unspecified atom stereocenters. The van der Waals surface area contributed by atoms with Gasteiger partial charge in [-0.15, -0.1) is 0 Å². The van der Waals surface area contributed by atoms with Gasteiger partial charge in [0.25, 0.3) is 0 Å². The monoisotopic (exact) mass is 562 g/mol. The molecule has 0 radical (unpaired) electrons. The molecule has 40 heavy (non-hydrogen) atoms. The molecule has 1 aliphatic heterocycles. The minimum Gasteiger partial charge on any atom is -0.496 e. The van der Waals surface area contributed by atoms with Crippen molar-refractivity contribution in [2.24, 2.45) is 0 Å². The van der Waals surface area contributed by atoms with Gasteiger partial charge in [0.05, 0.1) is 25.1 Å². The number of methoxy groups -OCH3 is 2. The number of fused-ring (bicyclic) bond motifs is 1. The fraction of sp³-hybridized carbons (Fsp3) is 0.486. The van der Waals surface area contributed by atoms with E-state index >= 15 is 4.57 Å². The predicted octanol–water partition coefficient (Wildman–Crippen LogP) is 9.49. The Hall–Kier alpha value is -2.71. The summed E-state index contributed by atoms with van der Waals surface area (Å²) in [6.07, 6.45) is 0.602. The minimum absolute atomic E-state index is 0.345. The Bertz CT molecular complexity index is 1380. The van der Waals surface area contributed by atoms with Crippen LogP contribution in [0, 0.1) is 0 Å². The Morgan fingerprint density at radius 2 is 1.35 bits per heavy atom. The topological polar surface area (TPSA) is 44.8 Å². The van der Waals surface area contributed by atoms with Crippen LogP contribution >= 0.6 is 7.14 Å². The number of ether oxygens (including phenoxy) is 3. The fourth-order valence-corrected chi connectivity index (χ4v) is 9.62. The maximum Gasteiger partial charge on any atom is 0.163 e. The average molecular weight is 563 g/mol. The van der Waals surface area contributed by atoms with E-state index in [0.29, 0.717) is 41.4 Å². The first-order chi connectivity index (χ1) is 18.8. The Morgan fingerprint density at radius 1 is 0.825 bits per heavy atom. The van der Waals surface area contributed by atoms with E-state index in [1.807, 2.05) is 36.4 Å². The molecule has 0 saturated carbocycles. The van der Waals surface area contributed by atoms with Gasteiger partial charge in [-0.1, -0.05) is 92.6 Å². The molecule has 0 spiro atoms. The molecule has 0 N–H and O–H groups in total. The van der Waals surface area contributed by atoms with Gasteiger partial charge in [0.2, 0.25) is 0 Å². The van der Waals surface area contributed by atoms with Crippen LogP contribution in [0.1, 0.15) is 102 Å². The average Bonchev–Trinajstić information content (AvgIpc) is 3.20. The highest BCUT2D eigenvalue weighted by atomic mass is 31.2. The molecule has 0 amide bonds. The molecule has 3 aromatic rings. The Balaban J connectivity index is 1.97. The van der Waals surface area contributed by atoms with Gasteiger partial charge in [-0.2, -0.15) is 0 Å². The van der Waals surface area contributed by atoms with Crippen LogP contribution in [0.15, 0.2) is 48.5 Å². The van der Waals surface area contributed by atoms with Crippen LogP contribution in [-0.2, 0) is 11.0 Å². The molecule has 2 atom stereocenters. The van der Waals surface area contributed by atoms with Crippen molar-refractivity contribution in [3.63, 3.8) is 0 Å². The first kappa shape index (κ1) is 30.3. The molecule has 5 heteroatoms. The van der Waals surface area contributed by atoms with Crippen molar-refractivity contribution < 1.29 is 18.8 Å².